The minimum Gasteiger partial charge on any atom is -0.478 e. The number of nitrogens with zero attached hydrogens (tertiary/aromatic N) is 1. The highest BCUT2D eigenvalue weighted by molar-refractivity contribution is 6.32. The molecule has 0 aliphatic rings. The van der Waals surface area contributed by atoms with Crippen LogP contribution in [0.1, 0.15) is 5.56 Å². The number of halogens is 1. The normalized spacial score (nSPS) is 10.5. The van der Waals surface area contributed by atoms with E-state index in [4.69, 9.17) is 16.7 Å². The first-order valence-electron chi connectivity index (χ1n) is 3.85. The standard InChI is InChI=1S/C9H6ClNO4/c10-8-3-2-7(11(14)15)5-6(8)1-4-9(12)13/h1-5H,(H,12,13)/b4-1+. The van der Waals surface area contributed by atoms with Crippen LogP contribution in [-0.2, 0) is 4.79 Å². The van der Waals surface area contributed by atoms with Gasteiger partial charge in [-0.05, 0) is 12.1 Å². The van der Waals surface area contributed by atoms with E-state index in [0.29, 0.717) is 5.56 Å². The lowest BCUT2D eigenvalue weighted by molar-refractivity contribution is -0.384. The first kappa shape index (κ1) is 11.2. The van der Waals surface area contributed by atoms with Crippen molar-refractivity contribution in [3.05, 3.63) is 45.0 Å². The summed E-state index contributed by atoms with van der Waals surface area (Å²) in [6.07, 6.45) is 2.07. The molecule has 0 atom stereocenters. The molecule has 5 nitrogen and oxygen atoms in total. The van der Waals surface area contributed by atoms with Crippen molar-refractivity contribution in [3.8, 4) is 0 Å². The number of rotatable bonds is 3. The van der Waals surface area contributed by atoms with E-state index in [0.717, 1.165) is 6.08 Å². The molecule has 15 heavy (non-hydrogen) atoms. The van der Waals surface area contributed by atoms with Gasteiger partial charge in [-0.25, -0.2) is 4.79 Å². The summed E-state index contributed by atoms with van der Waals surface area (Å²) in [6.45, 7) is 0. The summed E-state index contributed by atoms with van der Waals surface area (Å²) in [6, 6.07) is 3.81. The Morgan fingerprint density at radius 3 is 2.73 bits per heavy atom. The Hall–Kier alpha value is -1.88. The van der Waals surface area contributed by atoms with E-state index >= 15 is 0 Å². The molecular weight excluding hydrogens is 222 g/mol. The average molecular weight is 228 g/mol. The number of carbonyl (C=O) groups is 1. The van der Waals surface area contributed by atoms with Crippen molar-refractivity contribution in [2.24, 2.45) is 0 Å². The Morgan fingerprint density at radius 2 is 2.20 bits per heavy atom. The van der Waals surface area contributed by atoms with E-state index in [2.05, 4.69) is 0 Å². The second-order valence-electron chi connectivity index (χ2n) is 2.63. The Morgan fingerprint density at radius 1 is 1.53 bits per heavy atom. The quantitative estimate of drug-likeness (QED) is 0.488. The minimum absolute atomic E-state index is 0.135. The number of hydrogen-bond acceptors (Lipinski definition) is 3. The fraction of sp³-hybridized carbons (Fsp3) is 0. The number of aliphatic carboxylic acids is 1. The number of carboxylic acids is 1. The number of nitro benzene ring substituents is 1. The number of nitro groups is 1. The molecule has 0 fully saturated rings. The van der Waals surface area contributed by atoms with E-state index < -0.39 is 10.9 Å². The van der Waals surface area contributed by atoms with Crippen molar-refractivity contribution < 1.29 is 14.8 Å². The fourth-order valence-electron chi connectivity index (χ4n) is 0.933. The van der Waals surface area contributed by atoms with Crippen LogP contribution in [0.5, 0.6) is 0 Å². The third-order valence-corrected chi connectivity index (χ3v) is 1.94. The van der Waals surface area contributed by atoms with Gasteiger partial charge in [-0.3, -0.25) is 10.1 Å². The fourth-order valence-corrected chi connectivity index (χ4v) is 1.11. The minimum atomic E-state index is -1.14. The molecule has 0 saturated carbocycles. The van der Waals surface area contributed by atoms with Gasteiger partial charge in [0.25, 0.3) is 5.69 Å². The van der Waals surface area contributed by atoms with E-state index in [1.54, 1.807) is 0 Å². The molecule has 0 bridgehead atoms. The summed E-state index contributed by atoms with van der Waals surface area (Å²) in [5.41, 5.74) is 0.165. The van der Waals surface area contributed by atoms with Crippen molar-refractivity contribution in [1.29, 1.82) is 0 Å². The molecule has 0 saturated heterocycles. The molecule has 0 spiro atoms. The van der Waals surface area contributed by atoms with Crippen LogP contribution in [0.2, 0.25) is 5.02 Å². The third kappa shape index (κ3) is 3.07. The van der Waals surface area contributed by atoms with Gasteiger partial charge in [-0.2, -0.15) is 0 Å². The Labute approximate surface area is 89.7 Å². The monoisotopic (exact) mass is 227 g/mol. The van der Waals surface area contributed by atoms with E-state index in [1.807, 2.05) is 0 Å². The van der Waals surface area contributed by atoms with Crippen LogP contribution in [0.3, 0.4) is 0 Å². The number of carboxylic acid groups (broad SMARTS) is 1. The Balaban J connectivity index is 3.11. The molecule has 1 aromatic rings. The Bertz CT molecular complexity index is 442. The highest BCUT2D eigenvalue weighted by Gasteiger charge is 2.07. The van der Waals surface area contributed by atoms with Gasteiger partial charge in [0.1, 0.15) is 0 Å². The van der Waals surface area contributed by atoms with Crippen molar-refractivity contribution in [1.82, 2.24) is 0 Å². The molecule has 1 aromatic carbocycles. The molecule has 0 aromatic heterocycles. The van der Waals surface area contributed by atoms with Crippen molar-refractivity contribution >= 4 is 29.3 Å². The van der Waals surface area contributed by atoms with E-state index in [1.165, 1.54) is 24.3 Å². The van der Waals surface area contributed by atoms with Crippen LogP contribution in [0.15, 0.2) is 24.3 Å². The highest BCUT2D eigenvalue weighted by Crippen LogP contribution is 2.22. The predicted octanol–water partition coefficient (Wildman–Crippen LogP) is 2.35. The van der Waals surface area contributed by atoms with Gasteiger partial charge >= 0.3 is 5.97 Å². The molecular formula is C9H6ClNO4. The van der Waals surface area contributed by atoms with Gasteiger partial charge in [-0.15, -0.1) is 0 Å². The molecule has 0 aliphatic heterocycles. The molecule has 0 aliphatic carbocycles. The zero-order chi connectivity index (χ0) is 11.4. The van der Waals surface area contributed by atoms with Gasteiger partial charge in [0.2, 0.25) is 0 Å². The maximum Gasteiger partial charge on any atom is 0.328 e. The first-order valence-corrected chi connectivity index (χ1v) is 4.23. The van der Waals surface area contributed by atoms with Crippen LogP contribution in [0.4, 0.5) is 5.69 Å². The lowest BCUT2D eigenvalue weighted by Crippen LogP contribution is -1.90. The Kier molecular flexibility index (Phi) is 3.41. The molecule has 0 heterocycles. The number of benzene rings is 1. The lowest BCUT2D eigenvalue weighted by atomic mass is 10.2. The molecule has 0 amide bonds. The zero-order valence-corrected chi connectivity index (χ0v) is 8.14. The molecule has 0 unspecified atom stereocenters. The van der Waals surface area contributed by atoms with Crippen LogP contribution in [0.25, 0.3) is 6.08 Å². The number of hydrogen-bond donors (Lipinski definition) is 1. The van der Waals surface area contributed by atoms with E-state index in [-0.39, 0.29) is 10.7 Å². The summed E-state index contributed by atoms with van der Waals surface area (Å²) in [5.74, 6) is -1.14. The summed E-state index contributed by atoms with van der Waals surface area (Å²) in [5, 5.41) is 19.1. The van der Waals surface area contributed by atoms with Crippen LogP contribution >= 0.6 is 11.6 Å². The van der Waals surface area contributed by atoms with Gasteiger partial charge < -0.3 is 5.11 Å². The molecule has 1 N–H and O–H groups in total. The third-order valence-electron chi connectivity index (χ3n) is 1.60. The van der Waals surface area contributed by atoms with E-state index in [9.17, 15) is 14.9 Å². The summed E-state index contributed by atoms with van der Waals surface area (Å²) in [4.78, 5) is 20.1. The molecule has 6 heteroatoms. The second-order valence-corrected chi connectivity index (χ2v) is 3.04. The lowest BCUT2D eigenvalue weighted by Gasteiger charge is -1.97. The summed E-state index contributed by atoms with van der Waals surface area (Å²) < 4.78 is 0. The second kappa shape index (κ2) is 4.56. The van der Waals surface area contributed by atoms with Gasteiger partial charge in [0.15, 0.2) is 0 Å². The van der Waals surface area contributed by atoms with Gasteiger partial charge in [0.05, 0.1) is 4.92 Å². The van der Waals surface area contributed by atoms with Crippen molar-refractivity contribution in [3.63, 3.8) is 0 Å². The van der Waals surface area contributed by atoms with Gasteiger partial charge in [0, 0.05) is 28.8 Å². The van der Waals surface area contributed by atoms with Crippen molar-refractivity contribution in [2.75, 3.05) is 0 Å². The predicted molar refractivity (Wildman–Crippen MR) is 54.8 cm³/mol. The topological polar surface area (TPSA) is 80.4 Å². The maximum atomic E-state index is 10.4. The van der Waals surface area contributed by atoms with Crippen LogP contribution in [-0.4, -0.2) is 16.0 Å². The molecule has 0 radical (unpaired) electrons. The molecule has 1 rings (SSSR count). The summed E-state index contributed by atoms with van der Waals surface area (Å²) in [7, 11) is 0. The average Bonchev–Trinajstić information content (AvgIpc) is 2.16. The van der Waals surface area contributed by atoms with Crippen LogP contribution in [0, 0.1) is 10.1 Å². The number of non-ortho nitro benzene ring substituents is 1. The SMILES string of the molecule is O=C(O)/C=C/c1cc([N+](=O)[O-])ccc1Cl. The smallest absolute Gasteiger partial charge is 0.328 e. The van der Waals surface area contributed by atoms with Gasteiger partial charge in [-0.1, -0.05) is 11.6 Å². The summed E-state index contributed by atoms with van der Waals surface area (Å²) >= 11 is 5.72. The van der Waals surface area contributed by atoms with Crippen LogP contribution < -0.4 is 0 Å². The highest BCUT2D eigenvalue weighted by atomic mass is 35.5. The first-order chi connectivity index (χ1) is 7.00. The zero-order valence-electron chi connectivity index (χ0n) is 7.38. The largest absolute Gasteiger partial charge is 0.478 e. The van der Waals surface area contributed by atoms with Crippen molar-refractivity contribution in [2.45, 2.75) is 0 Å². The molecule has 78 valence electrons. The maximum absolute atomic E-state index is 10.4.